The van der Waals surface area contributed by atoms with Crippen LogP contribution in [0.3, 0.4) is 0 Å². The van der Waals surface area contributed by atoms with E-state index in [9.17, 15) is 4.79 Å². The molecule has 7 heteroatoms. The molecule has 0 heterocycles. The molecule has 3 N–H and O–H groups in total. The molecule has 1 aromatic rings. The van der Waals surface area contributed by atoms with E-state index < -0.39 is 12.0 Å². The van der Waals surface area contributed by atoms with Crippen molar-refractivity contribution in [2.45, 2.75) is 32.2 Å². The minimum absolute atomic E-state index is 0.257. The number of aliphatic carboxylic acids is 1. The van der Waals surface area contributed by atoms with Gasteiger partial charge in [0.05, 0.1) is 12.3 Å². The van der Waals surface area contributed by atoms with E-state index in [4.69, 9.17) is 38.8 Å². The van der Waals surface area contributed by atoms with Gasteiger partial charge in [-0.2, -0.15) is 0 Å². The summed E-state index contributed by atoms with van der Waals surface area (Å²) in [5.74, 6) is 0.665. The van der Waals surface area contributed by atoms with Crippen LogP contribution < -0.4 is 15.4 Å². The predicted octanol–water partition coefficient (Wildman–Crippen LogP) is 3.10. The topological polar surface area (TPSA) is 75.8 Å². The van der Waals surface area contributed by atoms with Crippen LogP contribution in [-0.2, 0) is 11.2 Å². The SMILES string of the molecule is CCCCOc1ccc(C[C@H](N)C(=O)O)cc1N(CCCl)CCCl. The first-order chi connectivity index (χ1) is 11.5. The van der Waals surface area contributed by atoms with Gasteiger partial charge in [0.2, 0.25) is 0 Å². The minimum Gasteiger partial charge on any atom is -0.491 e. The molecule has 0 unspecified atom stereocenters. The molecule has 0 amide bonds. The first-order valence-corrected chi connectivity index (χ1v) is 9.21. The van der Waals surface area contributed by atoms with E-state index in [1.54, 1.807) is 0 Å². The molecule has 0 saturated heterocycles. The van der Waals surface area contributed by atoms with Gasteiger partial charge in [-0.05, 0) is 30.5 Å². The van der Waals surface area contributed by atoms with Crippen LogP contribution in [0.5, 0.6) is 5.75 Å². The van der Waals surface area contributed by atoms with E-state index >= 15 is 0 Å². The van der Waals surface area contributed by atoms with Crippen molar-refractivity contribution in [1.29, 1.82) is 0 Å². The Hall–Kier alpha value is -1.17. The Morgan fingerprint density at radius 3 is 2.54 bits per heavy atom. The van der Waals surface area contributed by atoms with E-state index in [2.05, 4.69) is 11.8 Å². The normalized spacial score (nSPS) is 12.0. The van der Waals surface area contributed by atoms with Gasteiger partial charge < -0.3 is 20.5 Å². The zero-order chi connectivity index (χ0) is 17.9. The minimum atomic E-state index is -1.02. The maximum Gasteiger partial charge on any atom is 0.320 e. The summed E-state index contributed by atoms with van der Waals surface area (Å²) in [5, 5.41) is 8.99. The standard InChI is InChI=1S/C17H26Cl2N2O3/c1-2-3-10-24-16-5-4-13(11-14(20)17(22)23)12-15(16)21(8-6-18)9-7-19/h4-5,12,14H,2-3,6-11,20H2,1H3,(H,22,23)/t14-/m0/s1. The molecule has 1 aromatic carbocycles. The number of hydrogen-bond acceptors (Lipinski definition) is 4. The lowest BCUT2D eigenvalue weighted by Gasteiger charge is -2.26. The van der Waals surface area contributed by atoms with Crippen LogP contribution in [0.25, 0.3) is 0 Å². The van der Waals surface area contributed by atoms with E-state index in [0.717, 1.165) is 29.8 Å². The molecule has 0 fully saturated rings. The molecular formula is C17H26Cl2N2O3. The fraction of sp³-hybridized carbons (Fsp3) is 0.588. The van der Waals surface area contributed by atoms with Crippen molar-refractivity contribution in [3.05, 3.63) is 23.8 Å². The Balaban J connectivity index is 3.06. The fourth-order valence-corrected chi connectivity index (χ4v) is 2.69. The summed E-state index contributed by atoms with van der Waals surface area (Å²) in [5.41, 5.74) is 7.36. The number of ether oxygens (including phenoxy) is 1. The van der Waals surface area contributed by atoms with Crippen LogP contribution in [0.4, 0.5) is 5.69 Å². The van der Waals surface area contributed by atoms with Crippen LogP contribution in [0, 0.1) is 0 Å². The van der Waals surface area contributed by atoms with Crippen LogP contribution in [0.1, 0.15) is 25.3 Å². The molecule has 0 saturated carbocycles. The Morgan fingerprint density at radius 2 is 2.00 bits per heavy atom. The van der Waals surface area contributed by atoms with Crippen LogP contribution in [0.15, 0.2) is 18.2 Å². The summed E-state index contributed by atoms with van der Waals surface area (Å²) in [6.45, 7) is 4.00. The summed E-state index contributed by atoms with van der Waals surface area (Å²) in [6, 6.07) is 4.71. The molecule has 0 bridgehead atoms. The van der Waals surface area contributed by atoms with Crippen molar-refractivity contribution in [2.24, 2.45) is 5.73 Å². The summed E-state index contributed by atoms with van der Waals surface area (Å²) in [6.07, 6.45) is 2.28. The highest BCUT2D eigenvalue weighted by atomic mass is 35.5. The van der Waals surface area contributed by atoms with Crippen LogP contribution in [0.2, 0.25) is 0 Å². The number of anilines is 1. The molecule has 0 radical (unpaired) electrons. The number of carbonyl (C=O) groups is 1. The van der Waals surface area contributed by atoms with E-state index in [-0.39, 0.29) is 6.42 Å². The van der Waals surface area contributed by atoms with E-state index in [1.807, 2.05) is 18.2 Å². The summed E-state index contributed by atoms with van der Waals surface area (Å²) in [7, 11) is 0. The molecule has 1 atom stereocenters. The van der Waals surface area contributed by atoms with Crippen molar-refractivity contribution >= 4 is 34.9 Å². The van der Waals surface area contributed by atoms with Gasteiger partial charge >= 0.3 is 5.97 Å². The van der Waals surface area contributed by atoms with Gasteiger partial charge in [0.1, 0.15) is 11.8 Å². The predicted molar refractivity (Wildman–Crippen MR) is 99.8 cm³/mol. The average molecular weight is 377 g/mol. The maximum atomic E-state index is 11.0. The first-order valence-electron chi connectivity index (χ1n) is 8.14. The fourth-order valence-electron chi connectivity index (χ4n) is 2.28. The molecule has 24 heavy (non-hydrogen) atoms. The second-order valence-corrected chi connectivity index (χ2v) is 6.27. The van der Waals surface area contributed by atoms with E-state index in [0.29, 0.717) is 31.5 Å². The highest BCUT2D eigenvalue weighted by Gasteiger charge is 2.16. The first kappa shape index (κ1) is 20.9. The van der Waals surface area contributed by atoms with Crippen molar-refractivity contribution in [3.8, 4) is 5.75 Å². The van der Waals surface area contributed by atoms with Crippen molar-refractivity contribution in [2.75, 3.05) is 36.4 Å². The number of halogens is 2. The number of benzene rings is 1. The number of carboxylic acid groups (broad SMARTS) is 1. The number of nitrogens with two attached hydrogens (primary N) is 1. The molecule has 0 aliphatic carbocycles. The monoisotopic (exact) mass is 376 g/mol. The van der Waals surface area contributed by atoms with Crippen molar-refractivity contribution < 1.29 is 14.6 Å². The maximum absolute atomic E-state index is 11.0. The van der Waals surface area contributed by atoms with Gasteiger partial charge in [0, 0.05) is 24.8 Å². The molecule has 136 valence electrons. The van der Waals surface area contributed by atoms with Crippen LogP contribution in [-0.4, -0.2) is 48.6 Å². The Kier molecular flexibility index (Phi) is 9.91. The number of unbranched alkanes of at least 4 members (excludes halogenated alkanes) is 1. The number of hydrogen-bond donors (Lipinski definition) is 2. The van der Waals surface area contributed by atoms with Gasteiger partial charge in [0.15, 0.2) is 0 Å². The third-order valence-corrected chi connectivity index (χ3v) is 3.94. The molecule has 1 rings (SSSR count). The van der Waals surface area contributed by atoms with Gasteiger partial charge in [-0.15, -0.1) is 23.2 Å². The summed E-state index contributed by atoms with van der Waals surface area (Å²) in [4.78, 5) is 13.0. The molecular weight excluding hydrogens is 351 g/mol. The number of carboxylic acids is 1. The second kappa shape index (κ2) is 11.4. The van der Waals surface area contributed by atoms with Gasteiger partial charge in [0.25, 0.3) is 0 Å². The Labute approximate surface area is 153 Å². The third kappa shape index (κ3) is 6.75. The third-order valence-electron chi connectivity index (χ3n) is 3.60. The number of rotatable bonds is 12. The molecule has 0 aliphatic rings. The number of nitrogens with zero attached hydrogens (tertiary/aromatic N) is 1. The Morgan fingerprint density at radius 1 is 1.33 bits per heavy atom. The summed E-state index contributed by atoms with van der Waals surface area (Å²) < 4.78 is 5.88. The lowest BCUT2D eigenvalue weighted by molar-refractivity contribution is -0.138. The Bertz CT molecular complexity index is 509. The van der Waals surface area contributed by atoms with Crippen molar-refractivity contribution in [3.63, 3.8) is 0 Å². The summed E-state index contributed by atoms with van der Waals surface area (Å²) >= 11 is 11.8. The molecule has 0 aliphatic heterocycles. The highest BCUT2D eigenvalue weighted by molar-refractivity contribution is 6.18. The van der Waals surface area contributed by atoms with Gasteiger partial charge in [-0.1, -0.05) is 19.4 Å². The molecule has 0 aromatic heterocycles. The lowest BCUT2D eigenvalue weighted by atomic mass is 10.0. The highest BCUT2D eigenvalue weighted by Crippen LogP contribution is 2.30. The molecule has 5 nitrogen and oxygen atoms in total. The van der Waals surface area contributed by atoms with Crippen molar-refractivity contribution in [1.82, 2.24) is 0 Å². The second-order valence-electron chi connectivity index (χ2n) is 5.52. The lowest BCUT2D eigenvalue weighted by Crippen LogP contribution is -2.32. The van der Waals surface area contributed by atoms with Gasteiger partial charge in [-0.25, -0.2) is 0 Å². The molecule has 0 spiro atoms. The van der Waals surface area contributed by atoms with Crippen LogP contribution >= 0.6 is 23.2 Å². The largest absolute Gasteiger partial charge is 0.491 e. The quantitative estimate of drug-likeness (QED) is 0.432. The average Bonchev–Trinajstić information content (AvgIpc) is 2.56. The van der Waals surface area contributed by atoms with Gasteiger partial charge in [-0.3, -0.25) is 4.79 Å². The zero-order valence-electron chi connectivity index (χ0n) is 14.0. The number of alkyl halides is 2. The zero-order valence-corrected chi connectivity index (χ0v) is 15.5. The smallest absolute Gasteiger partial charge is 0.320 e. The van der Waals surface area contributed by atoms with E-state index in [1.165, 1.54) is 0 Å².